The van der Waals surface area contributed by atoms with Gasteiger partial charge >= 0.3 is 0 Å². The van der Waals surface area contributed by atoms with E-state index in [4.69, 9.17) is 16.4 Å². The number of rotatable bonds is 4. The Hall–Kier alpha value is -3.54. The van der Waals surface area contributed by atoms with Gasteiger partial charge in [0.2, 0.25) is 0 Å². The summed E-state index contributed by atoms with van der Waals surface area (Å²) in [6.07, 6.45) is 8.97. The number of carbonyl (C=O) groups is 1. The van der Waals surface area contributed by atoms with Crippen LogP contribution in [0.3, 0.4) is 0 Å². The fraction of sp³-hybridized carbons (Fsp3) is 0.240. The number of hydrogen-bond donors (Lipinski definition) is 3. The molecule has 1 aliphatic carbocycles. The molecule has 4 rings (SSSR count). The number of nitrogens with one attached hydrogen (secondary N) is 2. The Bertz CT molecular complexity index is 1250. The number of benzene rings is 1. The Labute approximate surface area is 196 Å². The molecule has 0 radical (unpaired) electrons. The molecule has 8 heteroatoms. The first-order valence-corrected chi connectivity index (χ1v) is 11.5. The zero-order valence-electron chi connectivity index (χ0n) is 18.2. The molecule has 1 unspecified atom stereocenters. The van der Waals surface area contributed by atoms with Gasteiger partial charge in [0.15, 0.2) is 0 Å². The Morgan fingerprint density at radius 2 is 2.21 bits per heavy atom. The van der Waals surface area contributed by atoms with Crippen molar-refractivity contribution in [1.82, 2.24) is 10.2 Å². The summed E-state index contributed by atoms with van der Waals surface area (Å²) < 4.78 is 14.4. The molecule has 33 heavy (non-hydrogen) atoms. The summed E-state index contributed by atoms with van der Waals surface area (Å²) in [4.78, 5) is 16.3. The Morgan fingerprint density at radius 1 is 1.39 bits per heavy atom. The molecule has 4 N–H and O–H groups in total. The van der Waals surface area contributed by atoms with Crippen LogP contribution in [0.25, 0.3) is 16.7 Å². The number of halogens is 1. The standard InChI is InChI=1S/C25H24FN5OS/c1-30-13-18-7-5-16(10-22(18)29)24-20(15-4-6-17(12-27)21(26)9-15)11-23(33-24)25(32)31-8-2-3-19(28)14-31/h4-7,9-11,13,19,29-30H,2-3,8,14,28H2,1H3/b18-13-,29-22?. The number of nitrogens with two attached hydrogens (primary N) is 1. The molecule has 6 nitrogen and oxygen atoms in total. The van der Waals surface area contributed by atoms with Gasteiger partial charge in [0.1, 0.15) is 11.9 Å². The van der Waals surface area contributed by atoms with Crippen molar-refractivity contribution in [3.63, 3.8) is 0 Å². The van der Waals surface area contributed by atoms with Crippen LogP contribution in [0, 0.1) is 22.6 Å². The highest BCUT2D eigenvalue weighted by Gasteiger charge is 2.26. The molecular weight excluding hydrogens is 437 g/mol. The highest BCUT2D eigenvalue weighted by molar-refractivity contribution is 7.15. The van der Waals surface area contributed by atoms with Crippen LogP contribution in [-0.2, 0) is 0 Å². The summed E-state index contributed by atoms with van der Waals surface area (Å²) in [5.41, 5.74) is 9.15. The molecule has 1 fully saturated rings. The molecule has 2 aliphatic rings. The maximum absolute atomic E-state index is 14.4. The van der Waals surface area contributed by atoms with Gasteiger partial charge in [-0.1, -0.05) is 18.2 Å². The minimum atomic E-state index is -0.609. The van der Waals surface area contributed by atoms with Crippen molar-refractivity contribution in [3.8, 4) is 17.2 Å². The molecule has 0 spiro atoms. The van der Waals surface area contributed by atoms with E-state index >= 15 is 0 Å². The zero-order valence-corrected chi connectivity index (χ0v) is 19.0. The van der Waals surface area contributed by atoms with Crippen molar-refractivity contribution >= 4 is 28.5 Å². The van der Waals surface area contributed by atoms with Gasteiger partial charge < -0.3 is 21.4 Å². The summed E-state index contributed by atoms with van der Waals surface area (Å²) in [5, 5.41) is 20.4. The average molecular weight is 462 g/mol. The molecule has 1 atom stereocenters. The van der Waals surface area contributed by atoms with Gasteiger partial charge in [-0.25, -0.2) is 4.39 Å². The first-order chi connectivity index (χ1) is 15.9. The summed E-state index contributed by atoms with van der Waals surface area (Å²) in [6, 6.07) is 8.03. The molecular formula is C25H24FN5OS. The van der Waals surface area contributed by atoms with Gasteiger partial charge in [-0.2, -0.15) is 5.26 Å². The van der Waals surface area contributed by atoms with Crippen LogP contribution in [0.2, 0.25) is 0 Å². The molecule has 0 bridgehead atoms. The van der Waals surface area contributed by atoms with E-state index in [-0.39, 0.29) is 17.5 Å². The predicted octanol–water partition coefficient (Wildman–Crippen LogP) is 4.07. The van der Waals surface area contributed by atoms with Gasteiger partial charge in [-0.15, -0.1) is 11.3 Å². The van der Waals surface area contributed by atoms with Crippen molar-refractivity contribution < 1.29 is 9.18 Å². The maximum Gasteiger partial charge on any atom is 0.264 e. The van der Waals surface area contributed by atoms with Crippen LogP contribution in [0.1, 0.15) is 33.0 Å². The Kier molecular flexibility index (Phi) is 6.54. The van der Waals surface area contributed by atoms with Crippen LogP contribution in [0.5, 0.6) is 0 Å². The van der Waals surface area contributed by atoms with Gasteiger partial charge in [0.05, 0.1) is 16.2 Å². The lowest BCUT2D eigenvalue weighted by molar-refractivity contribution is 0.0714. The van der Waals surface area contributed by atoms with E-state index in [0.717, 1.165) is 28.9 Å². The van der Waals surface area contributed by atoms with E-state index < -0.39 is 5.82 Å². The number of piperidine rings is 1. The SMILES string of the molecule is CN/C=C1/C=CC(c2sc(C(=O)N3CCCC(N)C3)cc2-c2ccc(C#N)c(F)c2)=CC1=N. The number of nitrogens with zero attached hydrogens (tertiary/aromatic N) is 2. The van der Waals surface area contributed by atoms with E-state index in [1.165, 1.54) is 23.5 Å². The number of likely N-dealkylation sites (tertiary alicyclic amines) is 1. The van der Waals surface area contributed by atoms with Gasteiger partial charge in [0, 0.05) is 48.4 Å². The van der Waals surface area contributed by atoms with Crippen LogP contribution < -0.4 is 11.1 Å². The molecule has 2 heterocycles. The monoisotopic (exact) mass is 461 g/mol. The molecule has 1 saturated heterocycles. The minimum absolute atomic E-state index is 0.0314. The smallest absolute Gasteiger partial charge is 0.264 e. The Balaban J connectivity index is 1.79. The van der Waals surface area contributed by atoms with E-state index in [2.05, 4.69) is 5.32 Å². The van der Waals surface area contributed by atoms with Crippen molar-refractivity contribution in [2.75, 3.05) is 20.1 Å². The maximum atomic E-state index is 14.4. The molecule has 168 valence electrons. The molecule has 2 aromatic rings. The second kappa shape index (κ2) is 9.53. The lowest BCUT2D eigenvalue weighted by Gasteiger charge is -2.30. The van der Waals surface area contributed by atoms with Crippen molar-refractivity contribution in [2.24, 2.45) is 5.73 Å². The van der Waals surface area contributed by atoms with Gasteiger partial charge in [-0.3, -0.25) is 4.79 Å². The summed E-state index contributed by atoms with van der Waals surface area (Å²) in [6.45, 7) is 1.17. The van der Waals surface area contributed by atoms with Crippen LogP contribution in [0.4, 0.5) is 4.39 Å². The van der Waals surface area contributed by atoms with E-state index in [1.54, 1.807) is 36.4 Å². The summed E-state index contributed by atoms with van der Waals surface area (Å²) in [7, 11) is 1.77. The highest BCUT2D eigenvalue weighted by Crippen LogP contribution is 2.39. The van der Waals surface area contributed by atoms with Crippen molar-refractivity contribution in [1.29, 1.82) is 10.7 Å². The number of hydrogen-bond acceptors (Lipinski definition) is 6. The first kappa shape index (κ1) is 22.6. The third-order valence-electron chi connectivity index (χ3n) is 5.70. The quantitative estimate of drug-likeness (QED) is 0.638. The number of carbonyl (C=O) groups excluding carboxylic acids is 1. The lowest BCUT2D eigenvalue weighted by Crippen LogP contribution is -2.45. The van der Waals surface area contributed by atoms with E-state index in [0.29, 0.717) is 34.8 Å². The number of thiophene rings is 1. The van der Waals surface area contributed by atoms with E-state index in [1.807, 2.05) is 18.2 Å². The second-order valence-corrected chi connectivity index (χ2v) is 9.10. The predicted molar refractivity (Wildman–Crippen MR) is 130 cm³/mol. The van der Waals surface area contributed by atoms with Gasteiger partial charge in [-0.05, 0) is 48.3 Å². The molecule has 1 amide bonds. The number of allylic oxidation sites excluding steroid dienone is 5. The third-order valence-corrected chi connectivity index (χ3v) is 6.88. The van der Waals surface area contributed by atoms with Gasteiger partial charge in [0.25, 0.3) is 5.91 Å². The van der Waals surface area contributed by atoms with Crippen LogP contribution in [-0.4, -0.2) is 42.7 Å². The normalized spacial score (nSPS) is 19.4. The zero-order chi connectivity index (χ0) is 23.5. The minimum Gasteiger partial charge on any atom is -0.393 e. The van der Waals surface area contributed by atoms with Crippen molar-refractivity contribution in [2.45, 2.75) is 18.9 Å². The average Bonchev–Trinajstić information content (AvgIpc) is 3.25. The molecule has 1 aliphatic heterocycles. The largest absolute Gasteiger partial charge is 0.393 e. The fourth-order valence-corrected chi connectivity index (χ4v) is 5.17. The van der Waals surface area contributed by atoms with Crippen LogP contribution >= 0.6 is 11.3 Å². The topological polar surface area (TPSA) is 106 Å². The lowest BCUT2D eigenvalue weighted by atomic mass is 9.95. The fourth-order valence-electron chi connectivity index (χ4n) is 4.03. The Morgan fingerprint density at radius 3 is 2.88 bits per heavy atom. The molecule has 1 aromatic carbocycles. The second-order valence-electron chi connectivity index (χ2n) is 8.05. The molecule has 1 aromatic heterocycles. The van der Waals surface area contributed by atoms with Crippen molar-refractivity contribution in [3.05, 3.63) is 75.4 Å². The molecule has 0 saturated carbocycles. The third kappa shape index (κ3) is 4.65. The number of nitriles is 1. The van der Waals surface area contributed by atoms with Crippen LogP contribution in [0.15, 0.2) is 54.3 Å². The number of amides is 1. The van der Waals surface area contributed by atoms with E-state index in [9.17, 15) is 9.18 Å². The highest BCUT2D eigenvalue weighted by atomic mass is 32.1. The first-order valence-electron chi connectivity index (χ1n) is 10.7. The summed E-state index contributed by atoms with van der Waals surface area (Å²) >= 11 is 1.33. The summed E-state index contributed by atoms with van der Waals surface area (Å²) in [5.74, 6) is -0.704.